The molecule has 3 aromatic rings. The van der Waals surface area contributed by atoms with E-state index in [-0.39, 0.29) is 5.91 Å². The Balaban J connectivity index is 1.40. The highest BCUT2D eigenvalue weighted by atomic mass is 16.5. The minimum absolute atomic E-state index is 0.249. The molecule has 4 rings (SSSR count). The fourth-order valence-electron chi connectivity index (χ4n) is 4.37. The Hall–Kier alpha value is -3.14. The van der Waals surface area contributed by atoms with Gasteiger partial charge in [-0.2, -0.15) is 0 Å². The van der Waals surface area contributed by atoms with E-state index in [9.17, 15) is 4.79 Å². The average Bonchev–Trinajstić information content (AvgIpc) is 2.84. The van der Waals surface area contributed by atoms with Crippen molar-refractivity contribution in [2.45, 2.75) is 38.0 Å². The SMILES string of the molecule is COc1ccccc1Cc1cccc([C@@H]2CCCN(C(=O)CCc3ccccc3)C2)n1. The van der Waals surface area contributed by atoms with E-state index in [0.717, 1.165) is 61.5 Å². The molecule has 4 nitrogen and oxygen atoms in total. The van der Waals surface area contributed by atoms with Crippen molar-refractivity contribution in [2.75, 3.05) is 20.2 Å². The van der Waals surface area contributed by atoms with Crippen LogP contribution in [0, 0.1) is 0 Å². The van der Waals surface area contributed by atoms with Crippen molar-refractivity contribution in [3.63, 3.8) is 0 Å². The number of carbonyl (C=O) groups excluding carboxylic acids is 1. The number of hydrogen-bond acceptors (Lipinski definition) is 3. The lowest BCUT2D eigenvalue weighted by Crippen LogP contribution is -2.39. The van der Waals surface area contributed by atoms with Crippen LogP contribution in [0.15, 0.2) is 72.8 Å². The number of carbonyl (C=O) groups is 1. The summed E-state index contributed by atoms with van der Waals surface area (Å²) in [5.41, 5.74) is 4.48. The number of aromatic nitrogens is 1. The monoisotopic (exact) mass is 414 g/mol. The van der Waals surface area contributed by atoms with E-state index in [2.05, 4.69) is 36.4 Å². The topological polar surface area (TPSA) is 42.4 Å². The first-order chi connectivity index (χ1) is 15.2. The van der Waals surface area contributed by atoms with Crippen LogP contribution in [0.1, 0.15) is 47.7 Å². The highest BCUT2D eigenvalue weighted by molar-refractivity contribution is 5.76. The van der Waals surface area contributed by atoms with Gasteiger partial charge in [-0.15, -0.1) is 0 Å². The number of amides is 1. The zero-order chi connectivity index (χ0) is 21.5. The predicted octanol–water partition coefficient (Wildman–Crippen LogP) is 5.02. The van der Waals surface area contributed by atoms with Crippen molar-refractivity contribution in [1.82, 2.24) is 9.88 Å². The molecular weight excluding hydrogens is 384 g/mol. The van der Waals surface area contributed by atoms with Crippen molar-refractivity contribution < 1.29 is 9.53 Å². The van der Waals surface area contributed by atoms with E-state index >= 15 is 0 Å². The van der Waals surface area contributed by atoms with Crippen LogP contribution >= 0.6 is 0 Å². The summed E-state index contributed by atoms with van der Waals surface area (Å²) in [5, 5.41) is 0. The van der Waals surface area contributed by atoms with Gasteiger partial charge in [0, 0.05) is 48.8 Å². The Labute approximate surface area is 184 Å². The highest BCUT2D eigenvalue weighted by Gasteiger charge is 2.25. The molecule has 0 N–H and O–H groups in total. The zero-order valence-corrected chi connectivity index (χ0v) is 18.2. The second-order valence-corrected chi connectivity index (χ2v) is 8.21. The second-order valence-electron chi connectivity index (χ2n) is 8.21. The minimum Gasteiger partial charge on any atom is -0.496 e. The van der Waals surface area contributed by atoms with Gasteiger partial charge in [0.25, 0.3) is 0 Å². The maximum absolute atomic E-state index is 12.8. The van der Waals surface area contributed by atoms with Crippen LogP contribution in [0.2, 0.25) is 0 Å². The molecule has 1 saturated heterocycles. The molecule has 1 aliphatic heterocycles. The molecule has 1 fully saturated rings. The summed E-state index contributed by atoms with van der Waals surface area (Å²) in [4.78, 5) is 19.8. The van der Waals surface area contributed by atoms with Crippen LogP contribution in [0.3, 0.4) is 0 Å². The molecule has 1 amide bonds. The van der Waals surface area contributed by atoms with Crippen LogP contribution < -0.4 is 4.74 Å². The van der Waals surface area contributed by atoms with Gasteiger partial charge in [0.05, 0.1) is 7.11 Å². The molecule has 1 aliphatic rings. The largest absolute Gasteiger partial charge is 0.496 e. The Bertz CT molecular complexity index is 1000. The zero-order valence-electron chi connectivity index (χ0n) is 18.2. The Morgan fingerprint density at radius 1 is 1.03 bits per heavy atom. The van der Waals surface area contributed by atoms with Gasteiger partial charge in [-0.3, -0.25) is 9.78 Å². The van der Waals surface area contributed by atoms with Crippen LogP contribution in [0.5, 0.6) is 5.75 Å². The van der Waals surface area contributed by atoms with Crippen LogP contribution in [-0.2, 0) is 17.6 Å². The lowest BCUT2D eigenvalue weighted by Gasteiger charge is -2.32. The molecule has 4 heteroatoms. The van der Waals surface area contributed by atoms with Gasteiger partial charge in [0.15, 0.2) is 0 Å². The quantitative estimate of drug-likeness (QED) is 0.545. The summed E-state index contributed by atoms with van der Waals surface area (Å²) < 4.78 is 5.49. The van der Waals surface area contributed by atoms with Crippen LogP contribution in [0.25, 0.3) is 0 Å². The number of para-hydroxylation sites is 1. The lowest BCUT2D eigenvalue weighted by molar-refractivity contribution is -0.132. The maximum atomic E-state index is 12.8. The molecule has 2 heterocycles. The van der Waals surface area contributed by atoms with E-state index < -0.39 is 0 Å². The van der Waals surface area contributed by atoms with Gasteiger partial charge in [-0.05, 0) is 43.0 Å². The molecule has 0 saturated carbocycles. The normalized spacial score (nSPS) is 16.2. The van der Waals surface area contributed by atoms with Gasteiger partial charge < -0.3 is 9.64 Å². The maximum Gasteiger partial charge on any atom is 0.222 e. The van der Waals surface area contributed by atoms with Crippen LogP contribution in [-0.4, -0.2) is 36.0 Å². The third-order valence-corrected chi connectivity index (χ3v) is 6.06. The van der Waals surface area contributed by atoms with Crippen molar-refractivity contribution >= 4 is 5.91 Å². The molecule has 1 aromatic heterocycles. The summed E-state index contributed by atoms with van der Waals surface area (Å²) in [7, 11) is 1.70. The van der Waals surface area contributed by atoms with Crippen molar-refractivity contribution in [3.05, 3.63) is 95.3 Å². The Morgan fingerprint density at radius 2 is 1.84 bits per heavy atom. The van der Waals surface area contributed by atoms with E-state index in [4.69, 9.17) is 9.72 Å². The van der Waals surface area contributed by atoms with Crippen molar-refractivity contribution in [2.24, 2.45) is 0 Å². The summed E-state index contributed by atoms with van der Waals surface area (Å²) in [5.74, 6) is 1.44. The predicted molar refractivity (Wildman–Crippen MR) is 123 cm³/mol. The third kappa shape index (κ3) is 5.52. The summed E-state index contributed by atoms with van der Waals surface area (Å²) in [6.45, 7) is 1.61. The smallest absolute Gasteiger partial charge is 0.222 e. The standard InChI is InChI=1S/C27H30N2O2/c1-31-26-15-6-5-11-22(26)19-24-13-7-14-25(28-24)23-12-8-18-29(20-23)27(30)17-16-21-9-3-2-4-10-21/h2-7,9-11,13-15,23H,8,12,16-20H2,1H3/t23-/m1/s1. The van der Waals surface area contributed by atoms with E-state index in [1.54, 1.807) is 7.11 Å². The summed E-state index contributed by atoms with van der Waals surface area (Å²) in [6.07, 6.45) is 4.21. The molecular formula is C27H30N2O2. The number of methoxy groups -OCH3 is 1. The number of hydrogen-bond donors (Lipinski definition) is 0. The molecule has 31 heavy (non-hydrogen) atoms. The Morgan fingerprint density at radius 3 is 2.68 bits per heavy atom. The molecule has 2 aromatic carbocycles. The molecule has 0 spiro atoms. The molecule has 1 atom stereocenters. The molecule has 160 valence electrons. The molecule has 0 aliphatic carbocycles. The number of pyridine rings is 1. The number of rotatable bonds is 7. The van der Waals surface area contributed by atoms with Gasteiger partial charge >= 0.3 is 0 Å². The fraction of sp³-hybridized carbons (Fsp3) is 0.333. The van der Waals surface area contributed by atoms with E-state index in [0.29, 0.717) is 12.3 Å². The van der Waals surface area contributed by atoms with Gasteiger partial charge in [-0.25, -0.2) is 0 Å². The average molecular weight is 415 g/mol. The second kappa shape index (κ2) is 10.3. The first-order valence-corrected chi connectivity index (χ1v) is 11.1. The van der Waals surface area contributed by atoms with Crippen molar-refractivity contribution in [1.29, 1.82) is 0 Å². The molecule has 0 unspecified atom stereocenters. The molecule has 0 radical (unpaired) electrons. The summed E-state index contributed by atoms with van der Waals surface area (Å²) >= 11 is 0. The highest BCUT2D eigenvalue weighted by Crippen LogP contribution is 2.27. The molecule has 0 bridgehead atoms. The van der Waals surface area contributed by atoms with E-state index in [1.165, 1.54) is 5.56 Å². The minimum atomic E-state index is 0.249. The van der Waals surface area contributed by atoms with Gasteiger partial charge in [-0.1, -0.05) is 54.6 Å². The first kappa shape index (κ1) is 21.1. The number of ether oxygens (including phenoxy) is 1. The van der Waals surface area contributed by atoms with Crippen LogP contribution in [0.4, 0.5) is 0 Å². The van der Waals surface area contributed by atoms with Crippen molar-refractivity contribution in [3.8, 4) is 5.75 Å². The lowest BCUT2D eigenvalue weighted by atomic mass is 9.93. The fourth-order valence-corrected chi connectivity index (χ4v) is 4.37. The van der Waals surface area contributed by atoms with Gasteiger partial charge in [0.2, 0.25) is 5.91 Å². The number of likely N-dealkylation sites (tertiary alicyclic amines) is 1. The van der Waals surface area contributed by atoms with E-state index in [1.807, 2.05) is 41.3 Å². The Kier molecular flexibility index (Phi) is 6.98. The number of aryl methyl sites for hydroxylation is 1. The number of piperidine rings is 1. The number of benzene rings is 2. The van der Waals surface area contributed by atoms with Gasteiger partial charge in [0.1, 0.15) is 5.75 Å². The third-order valence-electron chi connectivity index (χ3n) is 6.06. The number of nitrogens with zero attached hydrogens (tertiary/aromatic N) is 2. The summed E-state index contributed by atoms with van der Waals surface area (Å²) in [6, 6.07) is 24.6. The first-order valence-electron chi connectivity index (χ1n) is 11.1.